The van der Waals surface area contributed by atoms with Gasteiger partial charge in [-0.1, -0.05) is 18.9 Å². The number of ketones is 1. The van der Waals surface area contributed by atoms with Gasteiger partial charge in [0.05, 0.1) is 6.07 Å². The highest BCUT2D eigenvalue weighted by Crippen LogP contribution is 2.34. The third-order valence-electron chi connectivity index (χ3n) is 2.75. The second-order valence-electron chi connectivity index (χ2n) is 3.67. The van der Waals surface area contributed by atoms with Crippen molar-refractivity contribution in [1.82, 2.24) is 0 Å². The molecule has 0 N–H and O–H groups in total. The molecular formula is C11H15NO. The van der Waals surface area contributed by atoms with Crippen molar-refractivity contribution in [3.05, 3.63) is 12.7 Å². The highest BCUT2D eigenvalue weighted by Gasteiger charge is 2.37. The van der Waals surface area contributed by atoms with E-state index in [1.807, 2.05) is 0 Å². The first-order chi connectivity index (χ1) is 6.25. The largest absolute Gasteiger partial charge is 0.298 e. The van der Waals surface area contributed by atoms with Crippen LogP contribution in [0.3, 0.4) is 0 Å². The number of carbonyl (C=O) groups is 1. The third-order valence-corrected chi connectivity index (χ3v) is 2.75. The fourth-order valence-electron chi connectivity index (χ4n) is 1.89. The summed E-state index contributed by atoms with van der Waals surface area (Å²) in [5, 5.41) is 9.05. The third kappa shape index (κ3) is 1.98. The lowest BCUT2D eigenvalue weighted by atomic mass is 9.78. The normalized spacial score (nSPS) is 29.0. The van der Waals surface area contributed by atoms with Crippen LogP contribution in [0, 0.1) is 16.7 Å². The molecule has 0 heterocycles. The average Bonchev–Trinajstić information content (AvgIpc) is 2.31. The number of nitrogens with zero attached hydrogens (tertiary/aromatic N) is 1. The van der Waals surface area contributed by atoms with E-state index < -0.39 is 5.41 Å². The second kappa shape index (κ2) is 4.23. The molecule has 0 aliphatic heterocycles. The summed E-state index contributed by atoms with van der Waals surface area (Å²) in [5.74, 6) is 0.118. The number of rotatable bonds is 2. The van der Waals surface area contributed by atoms with Crippen molar-refractivity contribution in [2.75, 3.05) is 0 Å². The summed E-state index contributed by atoms with van der Waals surface area (Å²) >= 11 is 0. The zero-order valence-electron chi connectivity index (χ0n) is 7.88. The molecule has 2 nitrogen and oxygen atoms in total. The van der Waals surface area contributed by atoms with Crippen LogP contribution in [0.4, 0.5) is 0 Å². The molecule has 1 rings (SSSR count). The molecule has 0 spiro atoms. The number of nitriles is 1. The van der Waals surface area contributed by atoms with E-state index in [1.165, 1.54) is 0 Å². The first-order valence-electron chi connectivity index (χ1n) is 4.80. The lowest BCUT2D eigenvalue weighted by Crippen LogP contribution is -2.27. The van der Waals surface area contributed by atoms with E-state index >= 15 is 0 Å². The maximum Gasteiger partial charge on any atom is 0.153 e. The molecule has 2 heteroatoms. The van der Waals surface area contributed by atoms with Crippen LogP contribution in [0.25, 0.3) is 0 Å². The van der Waals surface area contributed by atoms with E-state index in [-0.39, 0.29) is 5.78 Å². The van der Waals surface area contributed by atoms with Gasteiger partial charge >= 0.3 is 0 Å². The first-order valence-corrected chi connectivity index (χ1v) is 4.80. The van der Waals surface area contributed by atoms with Crippen molar-refractivity contribution in [2.45, 2.75) is 38.5 Å². The van der Waals surface area contributed by atoms with Crippen LogP contribution >= 0.6 is 0 Å². The molecule has 0 bridgehead atoms. The van der Waals surface area contributed by atoms with Crippen molar-refractivity contribution in [3.8, 4) is 6.07 Å². The van der Waals surface area contributed by atoms with E-state index in [1.54, 1.807) is 6.08 Å². The average molecular weight is 177 g/mol. The molecule has 1 saturated carbocycles. The molecule has 0 aromatic heterocycles. The van der Waals surface area contributed by atoms with Crippen LogP contribution in [0.2, 0.25) is 0 Å². The molecule has 13 heavy (non-hydrogen) atoms. The van der Waals surface area contributed by atoms with Gasteiger partial charge in [0.25, 0.3) is 0 Å². The molecule has 0 saturated heterocycles. The van der Waals surface area contributed by atoms with Gasteiger partial charge in [-0.25, -0.2) is 0 Å². The maximum absolute atomic E-state index is 11.7. The summed E-state index contributed by atoms with van der Waals surface area (Å²) < 4.78 is 0. The highest BCUT2D eigenvalue weighted by molar-refractivity contribution is 5.87. The van der Waals surface area contributed by atoms with Crippen molar-refractivity contribution in [2.24, 2.45) is 5.41 Å². The van der Waals surface area contributed by atoms with Crippen molar-refractivity contribution in [1.29, 1.82) is 5.26 Å². The molecule has 0 amide bonds. The monoisotopic (exact) mass is 177 g/mol. The Morgan fingerprint density at radius 1 is 1.54 bits per heavy atom. The summed E-state index contributed by atoms with van der Waals surface area (Å²) in [4.78, 5) is 11.7. The zero-order chi connectivity index (χ0) is 9.73. The van der Waals surface area contributed by atoms with Crippen LogP contribution in [0.15, 0.2) is 12.7 Å². The van der Waals surface area contributed by atoms with Gasteiger partial charge < -0.3 is 0 Å². The quantitative estimate of drug-likeness (QED) is 0.480. The molecule has 1 unspecified atom stereocenters. The molecule has 0 radical (unpaired) electrons. The Bertz CT molecular complexity index is 251. The predicted octanol–water partition coefficient (Wildman–Crippen LogP) is 2.61. The van der Waals surface area contributed by atoms with Gasteiger partial charge in [0.2, 0.25) is 0 Å². The minimum Gasteiger partial charge on any atom is -0.298 e. The van der Waals surface area contributed by atoms with Crippen molar-refractivity contribution < 1.29 is 4.79 Å². The van der Waals surface area contributed by atoms with E-state index in [0.717, 1.165) is 19.3 Å². The Kier molecular flexibility index (Phi) is 3.25. The first kappa shape index (κ1) is 9.98. The fourth-order valence-corrected chi connectivity index (χ4v) is 1.89. The topological polar surface area (TPSA) is 40.9 Å². The molecule has 0 aromatic carbocycles. The Morgan fingerprint density at radius 3 is 2.92 bits per heavy atom. The number of hydrogen-bond donors (Lipinski definition) is 0. The van der Waals surface area contributed by atoms with E-state index in [0.29, 0.717) is 19.3 Å². The maximum atomic E-state index is 11.7. The lowest BCUT2D eigenvalue weighted by Gasteiger charge is -2.20. The Balaban J connectivity index is 2.86. The molecule has 0 aromatic rings. The molecule has 1 aliphatic carbocycles. The number of carbonyl (C=O) groups excluding carboxylic acids is 1. The van der Waals surface area contributed by atoms with E-state index in [2.05, 4.69) is 12.6 Å². The van der Waals surface area contributed by atoms with E-state index in [4.69, 9.17) is 5.26 Å². The van der Waals surface area contributed by atoms with Gasteiger partial charge in [-0.2, -0.15) is 5.26 Å². The summed E-state index contributed by atoms with van der Waals surface area (Å²) in [6.45, 7) is 3.61. The van der Waals surface area contributed by atoms with Crippen LogP contribution in [-0.4, -0.2) is 5.78 Å². The minimum atomic E-state index is -0.738. The van der Waals surface area contributed by atoms with E-state index in [9.17, 15) is 4.79 Å². The van der Waals surface area contributed by atoms with Crippen molar-refractivity contribution >= 4 is 5.78 Å². The minimum absolute atomic E-state index is 0.118. The van der Waals surface area contributed by atoms with Gasteiger partial charge in [0, 0.05) is 6.42 Å². The van der Waals surface area contributed by atoms with Crippen LogP contribution < -0.4 is 0 Å². The van der Waals surface area contributed by atoms with Crippen LogP contribution in [-0.2, 0) is 4.79 Å². The standard InChI is InChI=1S/C11H15NO/c1-2-7-11(9-12)8-5-3-4-6-10(11)13/h2H,1,3-8H2. The number of allylic oxidation sites excluding steroid dienone is 1. The molecular weight excluding hydrogens is 162 g/mol. The Hall–Kier alpha value is -1.10. The van der Waals surface area contributed by atoms with Gasteiger partial charge in [-0.05, 0) is 19.3 Å². The number of hydrogen-bond acceptors (Lipinski definition) is 2. The predicted molar refractivity (Wildman–Crippen MR) is 51.0 cm³/mol. The molecule has 1 aliphatic rings. The lowest BCUT2D eigenvalue weighted by molar-refractivity contribution is -0.125. The summed E-state index contributed by atoms with van der Waals surface area (Å²) in [5.41, 5.74) is -0.738. The Labute approximate surface area is 79.2 Å². The fraction of sp³-hybridized carbons (Fsp3) is 0.636. The molecule has 1 atom stereocenters. The SMILES string of the molecule is C=CCC1(C#N)CCCCCC1=O. The summed E-state index contributed by atoms with van der Waals surface area (Å²) in [6, 6.07) is 2.19. The molecule has 1 fully saturated rings. The Morgan fingerprint density at radius 2 is 2.31 bits per heavy atom. The van der Waals surface area contributed by atoms with Gasteiger partial charge in [0.1, 0.15) is 5.41 Å². The van der Waals surface area contributed by atoms with Crippen LogP contribution in [0.5, 0.6) is 0 Å². The smallest absolute Gasteiger partial charge is 0.153 e. The summed E-state index contributed by atoms with van der Waals surface area (Å²) in [6.07, 6.45) is 6.50. The highest BCUT2D eigenvalue weighted by atomic mass is 16.1. The van der Waals surface area contributed by atoms with Gasteiger partial charge in [-0.3, -0.25) is 4.79 Å². The second-order valence-corrected chi connectivity index (χ2v) is 3.67. The van der Waals surface area contributed by atoms with Gasteiger partial charge in [-0.15, -0.1) is 6.58 Å². The zero-order valence-corrected chi connectivity index (χ0v) is 7.88. The van der Waals surface area contributed by atoms with Gasteiger partial charge in [0.15, 0.2) is 5.78 Å². The van der Waals surface area contributed by atoms with Crippen molar-refractivity contribution in [3.63, 3.8) is 0 Å². The molecule has 70 valence electrons. The number of Topliss-reactive ketones (excluding diaryl/α,β-unsaturated/α-hetero) is 1. The summed E-state index contributed by atoms with van der Waals surface area (Å²) in [7, 11) is 0. The van der Waals surface area contributed by atoms with Crippen LogP contribution in [0.1, 0.15) is 38.5 Å².